The highest BCUT2D eigenvalue weighted by Crippen LogP contribution is 2.40. The molecule has 0 aliphatic heterocycles. The van der Waals surface area contributed by atoms with Crippen molar-refractivity contribution in [3.8, 4) is 0 Å². The van der Waals surface area contributed by atoms with Crippen LogP contribution >= 0.6 is 11.6 Å². The molecule has 2 unspecified atom stereocenters. The highest BCUT2D eigenvalue weighted by atomic mass is 35.5. The Morgan fingerprint density at radius 2 is 1.70 bits per heavy atom. The zero-order valence-electron chi connectivity index (χ0n) is 11.5. The molecule has 0 amide bonds. The van der Waals surface area contributed by atoms with Gasteiger partial charge in [-0.15, -0.1) is 11.6 Å². The van der Waals surface area contributed by atoms with Crippen molar-refractivity contribution in [1.82, 2.24) is 0 Å². The largest absolute Gasteiger partial charge is 0.207 e. The number of alkyl halides is 1. The number of benzene rings is 2. The summed E-state index contributed by atoms with van der Waals surface area (Å²) in [5.41, 5.74) is 1.56. The molecule has 0 fully saturated rings. The molecule has 20 heavy (non-hydrogen) atoms. The van der Waals surface area contributed by atoms with Crippen LogP contribution in [-0.4, -0.2) is 0 Å². The average molecular weight is 295 g/mol. The Morgan fingerprint density at radius 3 is 2.30 bits per heavy atom. The summed E-state index contributed by atoms with van der Waals surface area (Å²) in [7, 11) is 0. The van der Waals surface area contributed by atoms with E-state index in [0.29, 0.717) is 5.56 Å². The monoisotopic (exact) mass is 294 g/mol. The van der Waals surface area contributed by atoms with Gasteiger partial charge < -0.3 is 0 Å². The summed E-state index contributed by atoms with van der Waals surface area (Å²) in [5, 5.41) is -0.586. The normalized spacial score (nSPS) is 14.1. The molecule has 0 radical (unpaired) electrons. The number of halogens is 3. The van der Waals surface area contributed by atoms with Crippen LogP contribution in [-0.2, 0) is 0 Å². The third kappa shape index (κ3) is 3.01. The summed E-state index contributed by atoms with van der Waals surface area (Å²) in [6, 6.07) is 12.1. The molecule has 0 spiro atoms. The van der Waals surface area contributed by atoms with Gasteiger partial charge in [-0.25, -0.2) is 8.78 Å². The van der Waals surface area contributed by atoms with Crippen molar-refractivity contribution in [2.75, 3.05) is 0 Å². The van der Waals surface area contributed by atoms with Crippen molar-refractivity contribution in [2.45, 2.75) is 31.6 Å². The van der Waals surface area contributed by atoms with Crippen LogP contribution in [0.3, 0.4) is 0 Å². The first kappa shape index (κ1) is 15.0. The smallest absolute Gasteiger partial charge is 0.128 e. The van der Waals surface area contributed by atoms with E-state index in [0.717, 1.165) is 12.0 Å². The first-order chi connectivity index (χ1) is 9.54. The van der Waals surface area contributed by atoms with Gasteiger partial charge in [0.2, 0.25) is 0 Å². The fourth-order valence-electron chi connectivity index (χ4n) is 2.40. The van der Waals surface area contributed by atoms with Crippen LogP contribution in [0.2, 0.25) is 0 Å². The quantitative estimate of drug-likeness (QED) is 0.630. The minimum Gasteiger partial charge on any atom is -0.207 e. The van der Waals surface area contributed by atoms with Crippen LogP contribution in [0.4, 0.5) is 8.78 Å². The van der Waals surface area contributed by atoms with Crippen LogP contribution in [0, 0.1) is 18.6 Å². The van der Waals surface area contributed by atoms with E-state index in [1.165, 1.54) is 12.1 Å². The van der Waals surface area contributed by atoms with Gasteiger partial charge in [0.05, 0.1) is 5.38 Å². The van der Waals surface area contributed by atoms with Crippen LogP contribution in [0.15, 0.2) is 42.5 Å². The Morgan fingerprint density at radius 1 is 1.05 bits per heavy atom. The van der Waals surface area contributed by atoms with Gasteiger partial charge in [0.1, 0.15) is 11.6 Å². The van der Waals surface area contributed by atoms with Crippen LogP contribution in [0.5, 0.6) is 0 Å². The predicted molar refractivity (Wildman–Crippen MR) is 79.2 cm³/mol. The van der Waals surface area contributed by atoms with Gasteiger partial charge in [-0.05, 0) is 36.6 Å². The molecule has 0 heterocycles. The lowest BCUT2D eigenvalue weighted by molar-refractivity contribution is 0.553. The molecule has 0 nitrogen and oxygen atoms in total. The van der Waals surface area contributed by atoms with Gasteiger partial charge >= 0.3 is 0 Å². The molecule has 0 bridgehead atoms. The van der Waals surface area contributed by atoms with Crippen molar-refractivity contribution in [1.29, 1.82) is 0 Å². The average Bonchev–Trinajstić information content (AvgIpc) is 2.44. The Kier molecular flexibility index (Phi) is 4.77. The van der Waals surface area contributed by atoms with Gasteiger partial charge in [0.15, 0.2) is 0 Å². The number of rotatable bonds is 4. The van der Waals surface area contributed by atoms with Crippen molar-refractivity contribution in [3.63, 3.8) is 0 Å². The van der Waals surface area contributed by atoms with Crippen molar-refractivity contribution >= 4 is 11.6 Å². The highest BCUT2D eigenvalue weighted by molar-refractivity contribution is 6.21. The fourth-order valence-corrected chi connectivity index (χ4v) is 2.89. The topological polar surface area (TPSA) is 0 Å². The maximum atomic E-state index is 14.0. The molecule has 0 aromatic heterocycles. The van der Waals surface area contributed by atoms with E-state index in [9.17, 15) is 8.78 Å². The SMILES string of the molecule is CCC(c1ccccc1)C(Cl)c1cc(F)c(C)cc1F. The molecular formula is C17H17ClF2. The van der Waals surface area contributed by atoms with Gasteiger partial charge in [-0.2, -0.15) is 0 Å². The lowest BCUT2D eigenvalue weighted by atomic mass is 9.89. The zero-order chi connectivity index (χ0) is 14.7. The van der Waals surface area contributed by atoms with E-state index in [1.807, 2.05) is 37.3 Å². The summed E-state index contributed by atoms with van der Waals surface area (Å²) in [6.45, 7) is 3.54. The van der Waals surface area contributed by atoms with E-state index < -0.39 is 17.0 Å². The molecule has 0 saturated carbocycles. The Labute approximate surface area is 123 Å². The predicted octanol–water partition coefficient (Wildman–Crippen LogP) is 5.75. The van der Waals surface area contributed by atoms with Gasteiger partial charge in [0.25, 0.3) is 0 Å². The van der Waals surface area contributed by atoms with Gasteiger partial charge in [-0.1, -0.05) is 37.3 Å². The molecule has 0 saturated heterocycles. The number of hydrogen-bond acceptors (Lipinski definition) is 0. The standard InChI is InChI=1S/C17H17ClF2/c1-3-13(12-7-5-4-6-8-12)17(18)14-10-15(19)11(2)9-16(14)20/h4-10,13,17H,3H2,1-2H3. The van der Waals surface area contributed by atoms with E-state index >= 15 is 0 Å². The third-order valence-corrected chi connectivity index (χ3v) is 4.14. The fraction of sp³-hybridized carbons (Fsp3) is 0.294. The molecule has 2 aromatic rings. The van der Waals surface area contributed by atoms with Crippen molar-refractivity contribution in [3.05, 3.63) is 70.8 Å². The Hall–Kier alpha value is -1.41. The summed E-state index contributed by atoms with van der Waals surface area (Å²) >= 11 is 6.43. The highest BCUT2D eigenvalue weighted by Gasteiger charge is 2.24. The molecule has 106 valence electrons. The summed E-state index contributed by atoms with van der Waals surface area (Å²) in [6.07, 6.45) is 0.757. The van der Waals surface area contributed by atoms with Crippen molar-refractivity contribution < 1.29 is 8.78 Å². The molecule has 2 atom stereocenters. The van der Waals surface area contributed by atoms with Gasteiger partial charge in [-0.3, -0.25) is 0 Å². The molecular weight excluding hydrogens is 278 g/mol. The summed E-state index contributed by atoms with van der Waals surface area (Å²) < 4.78 is 27.7. The van der Waals surface area contributed by atoms with E-state index in [2.05, 4.69) is 0 Å². The Bertz CT molecular complexity index is 581. The lowest BCUT2D eigenvalue weighted by Crippen LogP contribution is -2.08. The first-order valence-electron chi connectivity index (χ1n) is 6.69. The summed E-state index contributed by atoms with van der Waals surface area (Å²) in [5.74, 6) is -0.914. The molecule has 0 N–H and O–H groups in total. The lowest BCUT2D eigenvalue weighted by Gasteiger charge is -2.22. The second-order valence-electron chi connectivity index (χ2n) is 4.95. The summed E-state index contributed by atoms with van der Waals surface area (Å²) in [4.78, 5) is 0. The molecule has 0 aliphatic carbocycles. The first-order valence-corrected chi connectivity index (χ1v) is 7.12. The second-order valence-corrected chi connectivity index (χ2v) is 5.42. The van der Waals surface area contributed by atoms with E-state index in [1.54, 1.807) is 6.92 Å². The van der Waals surface area contributed by atoms with E-state index in [-0.39, 0.29) is 11.5 Å². The molecule has 2 aromatic carbocycles. The molecule has 2 rings (SSSR count). The number of hydrogen-bond donors (Lipinski definition) is 0. The van der Waals surface area contributed by atoms with Crippen LogP contribution < -0.4 is 0 Å². The maximum absolute atomic E-state index is 14.0. The van der Waals surface area contributed by atoms with Crippen LogP contribution in [0.1, 0.15) is 41.3 Å². The second kappa shape index (κ2) is 6.36. The Balaban J connectivity index is 2.39. The number of aryl methyl sites for hydroxylation is 1. The third-order valence-electron chi connectivity index (χ3n) is 3.60. The molecule has 0 aliphatic rings. The van der Waals surface area contributed by atoms with Gasteiger partial charge in [0, 0.05) is 11.5 Å². The van der Waals surface area contributed by atoms with Crippen LogP contribution in [0.25, 0.3) is 0 Å². The molecule has 3 heteroatoms. The maximum Gasteiger partial charge on any atom is 0.128 e. The zero-order valence-corrected chi connectivity index (χ0v) is 12.3. The minimum absolute atomic E-state index is 0.0468. The minimum atomic E-state index is -0.586. The van der Waals surface area contributed by atoms with Crippen molar-refractivity contribution in [2.24, 2.45) is 0 Å². The van der Waals surface area contributed by atoms with E-state index in [4.69, 9.17) is 11.6 Å².